The smallest absolute Gasteiger partial charge is 0.295 e. The minimum atomic E-state index is -3.49. The van der Waals surface area contributed by atoms with Crippen molar-refractivity contribution in [3.05, 3.63) is 59.7 Å². The molecule has 0 bridgehead atoms. The number of piperazine rings is 1. The molecule has 1 amide bonds. The van der Waals surface area contributed by atoms with Gasteiger partial charge in [-0.05, 0) is 36.8 Å². The molecule has 8 nitrogen and oxygen atoms in total. The van der Waals surface area contributed by atoms with Gasteiger partial charge in [0.05, 0.1) is 37.3 Å². The van der Waals surface area contributed by atoms with Crippen molar-refractivity contribution in [3.63, 3.8) is 0 Å². The summed E-state index contributed by atoms with van der Waals surface area (Å²) in [5.41, 5.74) is 5.56. The Morgan fingerprint density at radius 3 is 2.29 bits per heavy atom. The van der Waals surface area contributed by atoms with Crippen LogP contribution in [0.5, 0.6) is 0 Å². The predicted molar refractivity (Wildman–Crippen MR) is 122 cm³/mol. The van der Waals surface area contributed by atoms with E-state index in [-0.39, 0.29) is 12.5 Å². The topological polar surface area (TPSA) is 86.5 Å². The molecule has 2 aromatic carbocycles. The zero-order chi connectivity index (χ0) is 22.4. The lowest BCUT2D eigenvalue weighted by Gasteiger charge is -2.31. The van der Waals surface area contributed by atoms with Gasteiger partial charge in [-0.3, -0.25) is 4.79 Å². The first kappa shape index (κ1) is 22.9. The van der Waals surface area contributed by atoms with Gasteiger partial charge in [0.2, 0.25) is 10.0 Å². The number of nitrogens with one attached hydrogen (secondary N) is 2. The average Bonchev–Trinajstić information content (AvgIpc) is 2.75. The molecule has 1 aliphatic rings. The quantitative estimate of drug-likeness (QED) is 0.469. The highest BCUT2D eigenvalue weighted by molar-refractivity contribution is 7.89. The highest BCUT2D eigenvalue weighted by Crippen LogP contribution is 2.16. The maximum atomic E-state index is 12.8. The summed E-state index contributed by atoms with van der Waals surface area (Å²) in [5.74, 6) is -0.189. The molecule has 2 aromatic rings. The van der Waals surface area contributed by atoms with E-state index in [2.05, 4.69) is 10.5 Å². The van der Waals surface area contributed by atoms with E-state index in [1.165, 1.54) is 4.31 Å². The summed E-state index contributed by atoms with van der Waals surface area (Å²) >= 11 is 0. The van der Waals surface area contributed by atoms with Crippen LogP contribution in [0.25, 0.3) is 0 Å². The zero-order valence-corrected chi connectivity index (χ0v) is 19.0. The van der Waals surface area contributed by atoms with Crippen molar-refractivity contribution in [1.82, 2.24) is 9.73 Å². The first-order valence-corrected chi connectivity index (χ1v) is 11.7. The molecule has 2 N–H and O–H groups in total. The van der Waals surface area contributed by atoms with E-state index in [4.69, 9.17) is 0 Å². The van der Waals surface area contributed by atoms with E-state index in [0.29, 0.717) is 31.1 Å². The minimum Gasteiger partial charge on any atom is -0.378 e. The lowest BCUT2D eigenvalue weighted by atomic mass is 10.2. The Bertz CT molecular complexity index is 1010. The highest BCUT2D eigenvalue weighted by Gasteiger charge is 2.31. The molecular formula is C22H30N5O3S+. The lowest BCUT2D eigenvalue weighted by Crippen LogP contribution is -3.15. The molecule has 1 aliphatic heterocycles. The Kier molecular flexibility index (Phi) is 7.42. The third-order valence-electron chi connectivity index (χ3n) is 5.31. The van der Waals surface area contributed by atoms with Crippen molar-refractivity contribution in [2.24, 2.45) is 5.10 Å². The number of nitrogens with zero attached hydrogens (tertiary/aromatic N) is 3. The van der Waals surface area contributed by atoms with Crippen molar-refractivity contribution in [2.75, 3.05) is 51.7 Å². The van der Waals surface area contributed by atoms with E-state index in [0.717, 1.165) is 21.7 Å². The van der Waals surface area contributed by atoms with Gasteiger partial charge >= 0.3 is 0 Å². The Morgan fingerprint density at radius 1 is 1.10 bits per heavy atom. The summed E-state index contributed by atoms with van der Waals surface area (Å²) in [6, 6.07) is 14.7. The van der Waals surface area contributed by atoms with E-state index in [9.17, 15) is 13.2 Å². The summed E-state index contributed by atoms with van der Waals surface area (Å²) in [6.07, 6.45) is 1.61. The number of rotatable bonds is 7. The normalized spacial score (nSPS) is 15.8. The summed E-state index contributed by atoms with van der Waals surface area (Å²) in [4.78, 5) is 15.6. The number of anilines is 1. The Hall–Kier alpha value is -2.75. The van der Waals surface area contributed by atoms with Gasteiger partial charge in [-0.2, -0.15) is 9.41 Å². The van der Waals surface area contributed by atoms with Gasteiger partial charge in [0.15, 0.2) is 6.54 Å². The van der Waals surface area contributed by atoms with Crippen LogP contribution < -0.4 is 15.2 Å². The monoisotopic (exact) mass is 444 g/mol. The van der Waals surface area contributed by atoms with Crippen LogP contribution in [0.3, 0.4) is 0 Å². The van der Waals surface area contributed by atoms with E-state index in [1.54, 1.807) is 30.5 Å². The fraction of sp³-hybridized carbons (Fsp3) is 0.364. The molecule has 1 fully saturated rings. The van der Waals surface area contributed by atoms with Gasteiger partial charge in [0, 0.05) is 19.8 Å². The standard InChI is InChI=1S/C22H29N5O3S/c1-18-4-10-21(11-5-18)31(29,30)27-14-12-26(13-15-27)17-22(28)24-23-16-19-6-8-20(9-7-19)25(2)3/h4-11,16H,12-15,17H2,1-3H3,(H,24,28)/p+1/b23-16+. The Morgan fingerprint density at radius 2 is 1.71 bits per heavy atom. The minimum absolute atomic E-state index is 0.189. The second-order valence-corrected chi connectivity index (χ2v) is 9.86. The number of carbonyl (C=O) groups excluding carboxylic acids is 1. The molecule has 9 heteroatoms. The molecule has 166 valence electrons. The van der Waals surface area contributed by atoms with Crippen molar-refractivity contribution in [1.29, 1.82) is 0 Å². The molecule has 0 spiro atoms. The van der Waals surface area contributed by atoms with Crippen LogP contribution in [0.1, 0.15) is 11.1 Å². The van der Waals surface area contributed by atoms with Crippen molar-refractivity contribution >= 4 is 27.8 Å². The predicted octanol–water partition coefficient (Wildman–Crippen LogP) is 0.101. The SMILES string of the molecule is Cc1ccc(S(=O)(=O)N2CC[NH+](CC(=O)N/N=C/c3ccc(N(C)C)cc3)CC2)cc1. The van der Waals surface area contributed by atoms with E-state index < -0.39 is 10.0 Å². The second kappa shape index (κ2) is 10.0. The number of benzene rings is 2. The summed E-state index contributed by atoms with van der Waals surface area (Å²) in [7, 11) is 0.460. The van der Waals surface area contributed by atoms with Gasteiger partial charge in [0.1, 0.15) is 0 Å². The molecule has 0 atom stereocenters. The van der Waals surface area contributed by atoms with Gasteiger partial charge in [-0.15, -0.1) is 0 Å². The molecule has 0 unspecified atom stereocenters. The number of amides is 1. The fourth-order valence-corrected chi connectivity index (χ4v) is 4.82. The molecule has 3 rings (SSSR count). The Balaban J connectivity index is 1.46. The molecule has 31 heavy (non-hydrogen) atoms. The molecular weight excluding hydrogens is 414 g/mol. The van der Waals surface area contributed by atoms with Crippen LogP contribution in [-0.2, 0) is 14.8 Å². The third kappa shape index (κ3) is 6.13. The second-order valence-electron chi connectivity index (χ2n) is 7.92. The number of carbonyl (C=O) groups is 1. The number of hydrogen-bond acceptors (Lipinski definition) is 5. The van der Waals surface area contributed by atoms with Gasteiger partial charge in [-0.1, -0.05) is 29.8 Å². The van der Waals surface area contributed by atoms with Crippen LogP contribution in [0.15, 0.2) is 58.5 Å². The largest absolute Gasteiger partial charge is 0.378 e. The third-order valence-corrected chi connectivity index (χ3v) is 7.22. The van der Waals surface area contributed by atoms with Crippen LogP contribution in [0, 0.1) is 6.92 Å². The van der Waals surface area contributed by atoms with Crippen LogP contribution in [-0.4, -0.2) is 71.7 Å². The van der Waals surface area contributed by atoms with Gasteiger partial charge in [0.25, 0.3) is 5.91 Å². The highest BCUT2D eigenvalue weighted by atomic mass is 32.2. The van der Waals surface area contributed by atoms with E-state index in [1.807, 2.05) is 50.2 Å². The van der Waals surface area contributed by atoms with Crippen molar-refractivity contribution in [2.45, 2.75) is 11.8 Å². The summed E-state index contributed by atoms with van der Waals surface area (Å²) in [6.45, 7) is 4.12. The number of hydrazone groups is 1. The first-order valence-electron chi connectivity index (χ1n) is 10.3. The van der Waals surface area contributed by atoms with Crippen molar-refractivity contribution in [3.8, 4) is 0 Å². The van der Waals surface area contributed by atoms with Crippen LogP contribution in [0.4, 0.5) is 5.69 Å². The maximum Gasteiger partial charge on any atom is 0.295 e. The van der Waals surface area contributed by atoms with Gasteiger partial charge in [-0.25, -0.2) is 13.8 Å². The average molecular weight is 445 g/mol. The maximum absolute atomic E-state index is 12.8. The number of sulfonamides is 1. The first-order chi connectivity index (χ1) is 14.8. The van der Waals surface area contributed by atoms with Crippen LogP contribution in [0.2, 0.25) is 0 Å². The van der Waals surface area contributed by atoms with Gasteiger partial charge < -0.3 is 9.80 Å². The fourth-order valence-electron chi connectivity index (χ4n) is 3.38. The number of quaternary nitrogens is 1. The molecule has 0 saturated carbocycles. The molecule has 1 heterocycles. The number of hydrogen-bond donors (Lipinski definition) is 2. The Labute approximate surface area is 184 Å². The van der Waals surface area contributed by atoms with Crippen LogP contribution >= 0.6 is 0 Å². The molecule has 0 radical (unpaired) electrons. The molecule has 1 saturated heterocycles. The lowest BCUT2D eigenvalue weighted by molar-refractivity contribution is -0.895. The summed E-state index contributed by atoms with van der Waals surface area (Å²) in [5, 5.41) is 4.02. The summed E-state index contributed by atoms with van der Waals surface area (Å²) < 4.78 is 27.0. The zero-order valence-electron chi connectivity index (χ0n) is 18.2. The number of aryl methyl sites for hydroxylation is 1. The molecule has 0 aromatic heterocycles. The van der Waals surface area contributed by atoms with E-state index >= 15 is 0 Å². The molecule has 0 aliphatic carbocycles. The van der Waals surface area contributed by atoms with Crippen molar-refractivity contribution < 1.29 is 18.1 Å².